The second kappa shape index (κ2) is 3.59. The average molecular weight is 188 g/mol. The molecule has 1 heterocycles. The molecule has 0 aliphatic heterocycles. The van der Waals surface area contributed by atoms with Crippen LogP contribution in [0.25, 0.3) is 0 Å². The summed E-state index contributed by atoms with van der Waals surface area (Å²) in [4.78, 5) is 7.45. The van der Waals surface area contributed by atoms with E-state index in [-0.39, 0.29) is 6.61 Å². The van der Waals surface area contributed by atoms with Crippen LogP contribution in [0.4, 0.5) is 0 Å². The molecule has 66 valence electrons. The fourth-order valence-electron chi connectivity index (χ4n) is 0.571. The van der Waals surface area contributed by atoms with Crippen molar-refractivity contribution in [2.75, 3.05) is 6.26 Å². The van der Waals surface area contributed by atoms with Gasteiger partial charge in [-0.25, -0.2) is 9.97 Å². The van der Waals surface area contributed by atoms with E-state index >= 15 is 0 Å². The van der Waals surface area contributed by atoms with Gasteiger partial charge in [-0.3, -0.25) is 4.18 Å². The van der Waals surface area contributed by atoms with Crippen molar-refractivity contribution in [3.05, 3.63) is 24.3 Å². The lowest BCUT2D eigenvalue weighted by Gasteiger charge is -1.98. The highest BCUT2D eigenvalue weighted by Gasteiger charge is 2.02. The number of rotatable bonds is 3. The highest BCUT2D eigenvalue weighted by atomic mass is 32.2. The summed E-state index contributed by atoms with van der Waals surface area (Å²) in [5.74, 6) is 0. The fraction of sp³-hybridized carbons (Fsp3) is 0.333. The van der Waals surface area contributed by atoms with Crippen LogP contribution in [-0.4, -0.2) is 24.6 Å². The molecule has 0 fully saturated rings. The molecule has 0 aromatic carbocycles. The first-order valence-corrected chi connectivity index (χ1v) is 4.99. The number of aromatic nitrogens is 2. The van der Waals surface area contributed by atoms with Crippen molar-refractivity contribution in [1.82, 2.24) is 9.97 Å². The summed E-state index contributed by atoms with van der Waals surface area (Å²) >= 11 is 0. The van der Waals surface area contributed by atoms with Crippen molar-refractivity contribution in [2.45, 2.75) is 6.61 Å². The van der Waals surface area contributed by atoms with Gasteiger partial charge in [-0.05, 0) is 6.07 Å². The van der Waals surface area contributed by atoms with E-state index in [4.69, 9.17) is 0 Å². The predicted octanol–water partition coefficient (Wildman–Crippen LogP) is -0.0472. The van der Waals surface area contributed by atoms with Gasteiger partial charge in [0.25, 0.3) is 10.1 Å². The maximum Gasteiger partial charge on any atom is 0.264 e. The molecule has 1 rings (SSSR count). The first-order valence-electron chi connectivity index (χ1n) is 3.17. The average Bonchev–Trinajstić information content (AvgIpc) is 2.02. The van der Waals surface area contributed by atoms with Crippen LogP contribution in [0, 0.1) is 0 Å². The van der Waals surface area contributed by atoms with E-state index in [1.807, 2.05) is 0 Å². The molecule has 0 aliphatic rings. The lowest BCUT2D eigenvalue weighted by Crippen LogP contribution is -2.03. The second-order valence-corrected chi connectivity index (χ2v) is 3.81. The smallest absolute Gasteiger partial charge is 0.264 e. The minimum Gasteiger partial charge on any atom is -0.264 e. The Morgan fingerprint density at radius 3 is 2.83 bits per heavy atom. The van der Waals surface area contributed by atoms with Gasteiger partial charge in [0, 0.05) is 6.20 Å². The first-order chi connectivity index (χ1) is 5.58. The van der Waals surface area contributed by atoms with Gasteiger partial charge < -0.3 is 0 Å². The quantitative estimate of drug-likeness (QED) is 0.622. The summed E-state index contributed by atoms with van der Waals surface area (Å²) in [5.41, 5.74) is 0.537. The first kappa shape index (κ1) is 9.08. The van der Waals surface area contributed by atoms with Crippen molar-refractivity contribution in [1.29, 1.82) is 0 Å². The minimum absolute atomic E-state index is 0.0403. The normalized spacial score (nSPS) is 11.4. The molecule has 0 N–H and O–H groups in total. The largest absolute Gasteiger partial charge is 0.264 e. The van der Waals surface area contributed by atoms with Crippen LogP contribution in [0.5, 0.6) is 0 Å². The summed E-state index contributed by atoms with van der Waals surface area (Å²) in [5, 5.41) is 0. The van der Waals surface area contributed by atoms with Crippen LogP contribution in [0.1, 0.15) is 5.69 Å². The van der Waals surface area contributed by atoms with Gasteiger partial charge in [0.15, 0.2) is 0 Å². The topological polar surface area (TPSA) is 69.2 Å². The summed E-state index contributed by atoms with van der Waals surface area (Å²) in [6.45, 7) is -0.0403. The van der Waals surface area contributed by atoms with Crippen LogP contribution in [0.3, 0.4) is 0 Å². The monoisotopic (exact) mass is 188 g/mol. The van der Waals surface area contributed by atoms with Crippen molar-refractivity contribution >= 4 is 10.1 Å². The molecule has 0 atom stereocenters. The number of hydrogen-bond donors (Lipinski definition) is 0. The van der Waals surface area contributed by atoms with Gasteiger partial charge >= 0.3 is 0 Å². The van der Waals surface area contributed by atoms with E-state index in [9.17, 15) is 8.42 Å². The Morgan fingerprint density at radius 2 is 2.33 bits per heavy atom. The van der Waals surface area contributed by atoms with E-state index < -0.39 is 10.1 Å². The Kier molecular flexibility index (Phi) is 2.72. The number of nitrogens with zero attached hydrogens (tertiary/aromatic N) is 2. The molecule has 6 heteroatoms. The zero-order valence-corrected chi connectivity index (χ0v) is 7.28. The molecule has 5 nitrogen and oxygen atoms in total. The van der Waals surface area contributed by atoms with Gasteiger partial charge in [0.05, 0.1) is 11.9 Å². The van der Waals surface area contributed by atoms with E-state index in [2.05, 4.69) is 14.2 Å². The highest BCUT2D eigenvalue weighted by molar-refractivity contribution is 7.85. The number of hydrogen-bond acceptors (Lipinski definition) is 5. The molecule has 0 aliphatic carbocycles. The van der Waals surface area contributed by atoms with Gasteiger partial charge in [0.1, 0.15) is 12.9 Å². The molecule has 12 heavy (non-hydrogen) atoms. The third-order valence-corrected chi connectivity index (χ3v) is 1.61. The fourth-order valence-corrected chi connectivity index (χ4v) is 0.906. The molecule has 0 saturated carbocycles. The van der Waals surface area contributed by atoms with Crippen LogP contribution in [0.15, 0.2) is 18.6 Å². The molecule has 0 radical (unpaired) electrons. The molecule has 1 aromatic rings. The van der Waals surface area contributed by atoms with E-state index in [1.54, 1.807) is 6.07 Å². The zero-order valence-electron chi connectivity index (χ0n) is 6.47. The van der Waals surface area contributed by atoms with Crippen LogP contribution in [0.2, 0.25) is 0 Å². The standard InChI is InChI=1S/C6H8N2O3S/c1-12(9,10)11-4-6-2-3-7-5-8-6/h2-3,5H,4H2,1H3. The van der Waals surface area contributed by atoms with Crippen LogP contribution >= 0.6 is 0 Å². The van der Waals surface area contributed by atoms with Crippen molar-refractivity contribution in [3.63, 3.8) is 0 Å². The summed E-state index contributed by atoms with van der Waals surface area (Å²) in [6.07, 6.45) is 3.85. The SMILES string of the molecule is CS(=O)(=O)OCc1ccncn1. The summed E-state index contributed by atoms with van der Waals surface area (Å²) in [7, 11) is -3.38. The van der Waals surface area contributed by atoms with E-state index in [0.29, 0.717) is 5.69 Å². The van der Waals surface area contributed by atoms with Gasteiger partial charge in [-0.2, -0.15) is 8.42 Å². The molecule has 0 saturated heterocycles. The molecule has 0 spiro atoms. The van der Waals surface area contributed by atoms with E-state index in [0.717, 1.165) is 6.26 Å². The van der Waals surface area contributed by atoms with Gasteiger partial charge in [-0.15, -0.1) is 0 Å². The summed E-state index contributed by atoms with van der Waals surface area (Å²) < 4.78 is 25.6. The molecular formula is C6H8N2O3S. The third kappa shape index (κ3) is 3.40. The Hall–Kier alpha value is -1.01. The third-order valence-electron chi connectivity index (χ3n) is 1.06. The Balaban J connectivity index is 2.56. The van der Waals surface area contributed by atoms with Gasteiger partial charge in [0.2, 0.25) is 0 Å². The van der Waals surface area contributed by atoms with Crippen molar-refractivity contribution in [3.8, 4) is 0 Å². The molecular weight excluding hydrogens is 180 g/mol. The Morgan fingerprint density at radius 1 is 1.58 bits per heavy atom. The minimum atomic E-state index is -3.38. The maximum absolute atomic E-state index is 10.5. The maximum atomic E-state index is 10.5. The van der Waals surface area contributed by atoms with Crippen molar-refractivity contribution < 1.29 is 12.6 Å². The van der Waals surface area contributed by atoms with Gasteiger partial charge in [-0.1, -0.05) is 0 Å². The zero-order chi connectivity index (χ0) is 9.03. The summed E-state index contributed by atoms with van der Waals surface area (Å²) in [6, 6.07) is 1.59. The molecule has 0 amide bonds. The van der Waals surface area contributed by atoms with Crippen LogP contribution in [-0.2, 0) is 20.9 Å². The van der Waals surface area contributed by atoms with Crippen LogP contribution < -0.4 is 0 Å². The molecule has 1 aromatic heterocycles. The molecule has 0 unspecified atom stereocenters. The Labute approximate surface area is 70.5 Å². The van der Waals surface area contributed by atoms with Crippen molar-refractivity contribution in [2.24, 2.45) is 0 Å². The van der Waals surface area contributed by atoms with E-state index in [1.165, 1.54) is 12.5 Å². The highest BCUT2D eigenvalue weighted by Crippen LogP contribution is 1.97. The lowest BCUT2D eigenvalue weighted by molar-refractivity contribution is 0.307. The lowest BCUT2D eigenvalue weighted by atomic mass is 10.4. The molecule has 0 bridgehead atoms. The predicted molar refractivity (Wildman–Crippen MR) is 41.7 cm³/mol. The second-order valence-electron chi connectivity index (χ2n) is 2.17. The Bertz CT molecular complexity index is 335.